The summed E-state index contributed by atoms with van der Waals surface area (Å²) in [4.78, 5) is 0. The largest absolute Gasteiger partial charge is 0.0587 e. The number of hydrogen-bond donors (Lipinski definition) is 0. The summed E-state index contributed by atoms with van der Waals surface area (Å²) in [6, 6.07) is 12.4. The van der Waals surface area contributed by atoms with Crippen LogP contribution in [0.25, 0.3) is 0 Å². The van der Waals surface area contributed by atoms with Crippen molar-refractivity contribution in [3.05, 3.63) is 69.3 Å². The van der Waals surface area contributed by atoms with Crippen molar-refractivity contribution in [2.75, 3.05) is 0 Å². The molecular weight excluding hydrogens is 420 g/mol. The molecule has 0 spiro atoms. The van der Waals surface area contributed by atoms with Crippen LogP contribution in [0, 0.1) is 0 Å². The summed E-state index contributed by atoms with van der Waals surface area (Å²) in [6.45, 7) is 35.3. The van der Waals surface area contributed by atoms with Crippen molar-refractivity contribution in [1.29, 1.82) is 0 Å². The van der Waals surface area contributed by atoms with Crippen LogP contribution in [0.3, 0.4) is 0 Å². The Kier molecular flexibility index (Phi) is 8.24. The third kappa shape index (κ3) is 7.47. The first-order chi connectivity index (χ1) is 15.5. The van der Waals surface area contributed by atoms with Crippen LogP contribution >= 0.6 is 0 Å². The highest BCUT2D eigenvalue weighted by Gasteiger charge is 2.29. The zero-order chi connectivity index (χ0) is 27.2. The summed E-state index contributed by atoms with van der Waals surface area (Å²) < 4.78 is 0. The average molecular weight is 477 g/mol. The molecule has 0 heteroatoms. The van der Waals surface area contributed by atoms with E-state index in [-0.39, 0.29) is 27.1 Å². The van der Waals surface area contributed by atoms with Gasteiger partial charge in [0.2, 0.25) is 0 Å². The Labute approximate surface area is 219 Å². The van der Waals surface area contributed by atoms with E-state index in [4.69, 9.17) is 0 Å². The molecule has 0 unspecified atom stereocenters. The number of benzene rings is 2. The van der Waals surface area contributed by atoms with Crippen LogP contribution in [0.1, 0.15) is 149 Å². The fourth-order valence-electron chi connectivity index (χ4n) is 5.29. The van der Waals surface area contributed by atoms with E-state index < -0.39 is 0 Å². The van der Waals surface area contributed by atoms with Crippen LogP contribution in [0.5, 0.6) is 0 Å². The summed E-state index contributed by atoms with van der Waals surface area (Å²) in [7, 11) is 0. The molecule has 0 radical (unpaired) electrons. The molecule has 0 amide bonds. The van der Waals surface area contributed by atoms with Gasteiger partial charge in [0.05, 0.1) is 0 Å². The minimum Gasteiger partial charge on any atom is -0.0587 e. The second kappa shape index (κ2) is 9.72. The Bertz CT molecular complexity index is 1010. The molecular formula is C35H56. The Morgan fingerprint density at radius 3 is 1.23 bits per heavy atom. The molecule has 0 nitrogen and oxygen atoms in total. The molecule has 0 aliphatic rings. The van der Waals surface area contributed by atoms with Gasteiger partial charge in [0.15, 0.2) is 0 Å². The summed E-state index contributed by atoms with van der Waals surface area (Å²) in [5.74, 6) is 0. The van der Waals surface area contributed by atoms with Gasteiger partial charge in [0, 0.05) is 0 Å². The van der Waals surface area contributed by atoms with Gasteiger partial charge in [-0.2, -0.15) is 0 Å². The normalized spacial score (nSPS) is 13.9. The molecule has 35 heavy (non-hydrogen) atoms. The lowest BCUT2D eigenvalue weighted by molar-refractivity contribution is 0.519. The predicted molar refractivity (Wildman–Crippen MR) is 158 cm³/mol. The molecule has 0 aliphatic heterocycles. The van der Waals surface area contributed by atoms with E-state index in [0.29, 0.717) is 0 Å². The van der Waals surface area contributed by atoms with Crippen LogP contribution in [0.4, 0.5) is 0 Å². The van der Waals surface area contributed by atoms with Crippen molar-refractivity contribution in [2.45, 2.75) is 150 Å². The first-order valence-corrected chi connectivity index (χ1v) is 13.8. The SMILES string of the molecule is CC(C)(C)c1cc(C(C)(C)C)c(C(C)(C)C)cc1CCCc1ccc(C(C)(C)C)c(C(C)(C)C)c1. The monoisotopic (exact) mass is 476 g/mol. The molecule has 0 saturated carbocycles. The fourth-order valence-corrected chi connectivity index (χ4v) is 5.29. The molecule has 0 saturated heterocycles. The van der Waals surface area contributed by atoms with Crippen molar-refractivity contribution in [3.8, 4) is 0 Å². The third-order valence-electron chi connectivity index (χ3n) is 7.28. The molecule has 2 aromatic carbocycles. The van der Waals surface area contributed by atoms with E-state index in [0.717, 1.165) is 12.8 Å². The third-order valence-corrected chi connectivity index (χ3v) is 7.28. The Morgan fingerprint density at radius 2 is 0.800 bits per heavy atom. The van der Waals surface area contributed by atoms with E-state index in [1.807, 2.05) is 0 Å². The lowest BCUT2D eigenvalue weighted by atomic mass is 9.70. The van der Waals surface area contributed by atoms with Gasteiger partial charge in [0.25, 0.3) is 0 Å². The average Bonchev–Trinajstić information content (AvgIpc) is 2.63. The maximum atomic E-state index is 2.56. The van der Waals surface area contributed by atoms with Crippen LogP contribution in [0.2, 0.25) is 0 Å². The molecule has 0 N–H and O–H groups in total. The minimum absolute atomic E-state index is 0.137. The maximum Gasteiger partial charge on any atom is -0.0129 e. The topological polar surface area (TPSA) is 0 Å². The zero-order valence-corrected chi connectivity index (χ0v) is 26.0. The number of hydrogen-bond acceptors (Lipinski definition) is 0. The smallest absolute Gasteiger partial charge is 0.0129 e. The fraction of sp³-hybridized carbons (Fsp3) is 0.657. The summed E-state index contributed by atoms with van der Waals surface area (Å²) >= 11 is 0. The van der Waals surface area contributed by atoms with Crippen LogP contribution in [0.15, 0.2) is 30.3 Å². The standard InChI is InChI=1S/C35H56/c1-31(2,3)26-20-19-24(21-28(26)33(7,8)9)17-16-18-25-22-29(34(10,11)12)30(35(13,14)15)23-27(25)32(4,5)6/h19-23H,16-18H2,1-15H3. The van der Waals surface area contributed by atoms with Gasteiger partial charge in [-0.25, -0.2) is 0 Å². The van der Waals surface area contributed by atoms with Gasteiger partial charge in [0.1, 0.15) is 0 Å². The second-order valence-electron chi connectivity index (χ2n) is 16.0. The van der Waals surface area contributed by atoms with Gasteiger partial charge < -0.3 is 0 Å². The van der Waals surface area contributed by atoms with Crippen molar-refractivity contribution in [2.24, 2.45) is 0 Å². The molecule has 2 rings (SSSR count). The maximum absolute atomic E-state index is 2.56. The van der Waals surface area contributed by atoms with Crippen molar-refractivity contribution < 1.29 is 0 Å². The van der Waals surface area contributed by atoms with Crippen LogP contribution in [-0.2, 0) is 39.9 Å². The van der Waals surface area contributed by atoms with Crippen LogP contribution < -0.4 is 0 Å². The minimum atomic E-state index is 0.137. The van der Waals surface area contributed by atoms with E-state index in [1.54, 1.807) is 0 Å². The molecule has 196 valence electrons. The lowest BCUT2D eigenvalue weighted by Crippen LogP contribution is -2.25. The van der Waals surface area contributed by atoms with Crippen molar-refractivity contribution >= 4 is 0 Å². The Morgan fingerprint density at radius 1 is 0.400 bits per heavy atom. The molecule has 0 aliphatic carbocycles. The molecule has 0 aromatic heterocycles. The Balaban J connectivity index is 2.45. The first-order valence-electron chi connectivity index (χ1n) is 13.8. The van der Waals surface area contributed by atoms with E-state index in [1.165, 1.54) is 45.4 Å². The van der Waals surface area contributed by atoms with E-state index >= 15 is 0 Å². The number of aryl methyl sites for hydroxylation is 2. The lowest BCUT2D eigenvalue weighted by Gasteiger charge is -2.34. The van der Waals surface area contributed by atoms with E-state index in [9.17, 15) is 0 Å². The highest BCUT2D eigenvalue weighted by Crippen LogP contribution is 2.40. The quantitative estimate of drug-likeness (QED) is 0.411. The first kappa shape index (κ1) is 29.7. The summed E-state index contributed by atoms with van der Waals surface area (Å²) in [5, 5.41) is 0. The molecule has 0 heterocycles. The van der Waals surface area contributed by atoms with Crippen LogP contribution in [-0.4, -0.2) is 0 Å². The zero-order valence-electron chi connectivity index (χ0n) is 26.0. The highest BCUT2D eigenvalue weighted by molar-refractivity contribution is 5.47. The summed E-state index contributed by atoms with van der Waals surface area (Å²) in [6.07, 6.45) is 3.44. The predicted octanol–water partition coefficient (Wildman–Crippen LogP) is 10.3. The number of rotatable bonds is 4. The molecule has 0 fully saturated rings. The molecule has 0 bridgehead atoms. The van der Waals surface area contributed by atoms with Gasteiger partial charge in [-0.3, -0.25) is 0 Å². The highest BCUT2D eigenvalue weighted by atomic mass is 14.3. The van der Waals surface area contributed by atoms with Gasteiger partial charge in [-0.15, -0.1) is 0 Å². The van der Waals surface area contributed by atoms with Gasteiger partial charge >= 0.3 is 0 Å². The van der Waals surface area contributed by atoms with Gasteiger partial charge in [-0.1, -0.05) is 134 Å². The molecule has 2 aromatic rings. The van der Waals surface area contributed by atoms with Gasteiger partial charge in [-0.05, 0) is 85.3 Å². The molecule has 0 atom stereocenters. The van der Waals surface area contributed by atoms with E-state index in [2.05, 4.69) is 134 Å². The Hall–Kier alpha value is -1.56. The van der Waals surface area contributed by atoms with Crippen molar-refractivity contribution in [1.82, 2.24) is 0 Å². The summed E-state index contributed by atoms with van der Waals surface area (Å²) in [5.41, 5.74) is 11.3. The van der Waals surface area contributed by atoms with Crippen molar-refractivity contribution in [3.63, 3.8) is 0 Å². The second-order valence-corrected chi connectivity index (χ2v) is 16.0.